The quantitative estimate of drug-likeness (QED) is 0.855. The van der Waals surface area contributed by atoms with Gasteiger partial charge in [-0.1, -0.05) is 24.3 Å². The maximum Gasteiger partial charge on any atom is 0.248 e. The SMILES string of the molecule is Nc1[nH]ncc1S(=O)(=O)N1CCc2ccccc2CC1. The summed E-state index contributed by atoms with van der Waals surface area (Å²) < 4.78 is 26.6. The number of benzene rings is 1. The van der Waals surface area contributed by atoms with Gasteiger partial charge in [0.2, 0.25) is 10.0 Å². The topological polar surface area (TPSA) is 92.1 Å². The normalized spacial score (nSPS) is 16.6. The molecule has 6 nitrogen and oxygen atoms in total. The Morgan fingerprint density at radius 1 is 1.15 bits per heavy atom. The number of nitrogen functional groups attached to an aromatic ring is 1. The van der Waals surface area contributed by atoms with Gasteiger partial charge in [0, 0.05) is 13.1 Å². The first-order chi connectivity index (χ1) is 9.59. The molecule has 7 heteroatoms. The Kier molecular flexibility index (Phi) is 3.23. The van der Waals surface area contributed by atoms with Gasteiger partial charge in [0.1, 0.15) is 10.7 Å². The maximum atomic E-state index is 12.6. The third-order valence-electron chi connectivity index (χ3n) is 3.63. The Balaban J connectivity index is 1.89. The van der Waals surface area contributed by atoms with Crippen molar-refractivity contribution in [2.45, 2.75) is 17.7 Å². The average molecular weight is 292 g/mol. The Bertz CT molecular complexity index is 696. The summed E-state index contributed by atoms with van der Waals surface area (Å²) >= 11 is 0. The number of aromatic amines is 1. The van der Waals surface area contributed by atoms with Crippen LogP contribution in [0.3, 0.4) is 0 Å². The minimum absolute atomic E-state index is 0.0588. The van der Waals surface area contributed by atoms with E-state index in [2.05, 4.69) is 22.3 Å². The first-order valence-corrected chi connectivity index (χ1v) is 7.89. The molecule has 0 radical (unpaired) electrons. The standard InChI is InChI=1S/C13H16N4O2S/c14-13-12(9-15-16-13)20(18,19)17-7-5-10-3-1-2-4-11(10)6-8-17/h1-4,9H,5-8H2,(H3,14,15,16). The molecule has 0 amide bonds. The highest BCUT2D eigenvalue weighted by Gasteiger charge is 2.29. The molecule has 0 fully saturated rings. The number of hydrogen-bond acceptors (Lipinski definition) is 4. The molecule has 1 aromatic heterocycles. The van der Waals surface area contributed by atoms with Gasteiger partial charge in [-0.05, 0) is 24.0 Å². The molecule has 1 aliphatic heterocycles. The van der Waals surface area contributed by atoms with Gasteiger partial charge < -0.3 is 5.73 Å². The van der Waals surface area contributed by atoms with Crippen LogP contribution in [0.4, 0.5) is 5.82 Å². The van der Waals surface area contributed by atoms with Crippen molar-refractivity contribution in [1.82, 2.24) is 14.5 Å². The fourth-order valence-corrected chi connectivity index (χ4v) is 3.97. The molecule has 2 heterocycles. The van der Waals surface area contributed by atoms with Crippen molar-refractivity contribution >= 4 is 15.8 Å². The minimum Gasteiger partial charge on any atom is -0.383 e. The summed E-state index contributed by atoms with van der Waals surface area (Å²) in [5, 5.41) is 6.16. The molecule has 0 atom stereocenters. The molecule has 3 rings (SSSR count). The van der Waals surface area contributed by atoms with E-state index in [-0.39, 0.29) is 10.7 Å². The number of sulfonamides is 1. The van der Waals surface area contributed by atoms with E-state index in [1.54, 1.807) is 0 Å². The van der Waals surface area contributed by atoms with E-state index in [1.807, 2.05) is 12.1 Å². The van der Waals surface area contributed by atoms with Crippen molar-refractivity contribution in [3.05, 3.63) is 41.6 Å². The van der Waals surface area contributed by atoms with Gasteiger partial charge >= 0.3 is 0 Å². The molecule has 0 aliphatic carbocycles. The molecule has 1 aliphatic rings. The largest absolute Gasteiger partial charge is 0.383 e. The minimum atomic E-state index is -3.58. The first-order valence-electron chi connectivity index (χ1n) is 6.45. The van der Waals surface area contributed by atoms with Crippen LogP contribution in [-0.4, -0.2) is 36.0 Å². The summed E-state index contributed by atoms with van der Waals surface area (Å²) in [5.41, 5.74) is 8.06. The van der Waals surface area contributed by atoms with Crippen LogP contribution in [0.25, 0.3) is 0 Å². The molecule has 1 aromatic carbocycles. The first kappa shape index (κ1) is 13.1. The number of anilines is 1. The van der Waals surface area contributed by atoms with Crippen LogP contribution >= 0.6 is 0 Å². The summed E-state index contributed by atoms with van der Waals surface area (Å²) in [4.78, 5) is 0.0588. The lowest BCUT2D eigenvalue weighted by atomic mass is 10.0. The monoisotopic (exact) mass is 292 g/mol. The molecule has 20 heavy (non-hydrogen) atoms. The lowest BCUT2D eigenvalue weighted by molar-refractivity contribution is 0.427. The van der Waals surface area contributed by atoms with Gasteiger partial charge in [-0.2, -0.15) is 9.40 Å². The number of hydrogen-bond donors (Lipinski definition) is 2. The van der Waals surface area contributed by atoms with Crippen LogP contribution in [0.5, 0.6) is 0 Å². The van der Waals surface area contributed by atoms with Crippen LogP contribution in [-0.2, 0) is 22.9 Å². The molecular weight excluding hydrogens is 276 g/mol. The molecule has 0 saturated heterocycles. The highest BCUT2D eigenvalue weighted by molar-refractivity contribution is 7.89. The number of aromatic nitrogens is 2. The fourth-order valence-electron chi connectivity index (χ4n) is 2.52. The van der Waals surface area contributed by atoms with Gasteiger partial charge in [-0.3, -0.25) is 5.10 Å². The number of nitrogens with zero attached hydrogens (tertiary/aromatic N) is 2. The second kappa shape index (κ2) is 4.92. The third-order valence-corrected chi connectivity index (χ3v) is 5.56. The predicted molar refractivity (Wildman–Crippen MR) is 75.6 cm³/mol. The molecular formula is C13H16N4O2S. The predicted octanol–water partition coefficient (Wildman–Crippen LogP) is 0.781. The molecule has 2 aromatic rings. The van der Waals surface area contributed by atoms with Gasteiger partial charge in [-0.15, -0.1) is 0 Å². The smallest absolute Gasteiger partial charge is 0.248 e. The van der Waals surface area contributed by atoms with E-state index < -0.39 is 10.0 Å². The van der Waals surface area contributed by atoms with Gasteiger partial charge in [0.15, 0.2) is 0 Å². The van der Waals surface area contributed by atoms with Crippen LogP contribution < -0.4 is 5.73 Å². The van der Waals surface area contributed by atoms with E-state index in [1.165, 1.54) is 21.6 Å². The summed E-state index contributed by atoms with van der Waals surface area (Å²) in [6.45, 7) is 0.925. The zero-order valence-corrected chi connectivity index (χ0v) is 11.7. The van der Waals surface area contributed by atoms with Gasteiger partial charge in [0.25, 0.3) is 0 Å². The van der Waals surface area contributed by atoms with Crippen LogP contribution in [0.1, 0.15) is 11.1 Å². The number of nitrogens with two attached hydrogens (primary N) is 1. The molecule has 0 bridgehead atoms. The summed E-state index contributed by atoms with van der Waals surface area (Å²) in [6, 6.07) is 8.07. The second-order valence-electron chi connectivity index (χ2n) is 4.82. The van der Waals surface area contributed by atoms with Crippen molar-refractivity contribution in [3.8, 4) is 0 Å². The van der Waals surface area contributed by atoms with Gasteiger partial charge in [0.05, 0.1) is 6.20 Å². The highest BCUT2D eigenvalue weighted by atomic mass is 32.2. The van der Waals surface area contributed by atoms with Crippen LogP contribution in [0.15, 0.2) is 35.4 Å². The average Bonchev–Trinajstić information content (AvgIpc) is 2.75. The van der Waals surface area contributed by atoms with Crippen LogP contribution in [0.2, 0.25) is 0 Å². The summed E-state index contributed by atoms with van der Waals surface area (Å²) in [7, 11) is -3.58. The van der Waals surface area contributed by atoms with Crippen molar-refractivity contribution < 1.29 is 8.42 Å². The summed E-state index contributed by atoms with van der Waals surface area (Å²) in [6.07, 6.45) is 2.70. The number of nitrogens with one attached hydrogen (secondary N) is 1. The Morgan fingerprint density at radius 2 is 1.75 bits per heavy atom. The third kappa shape index (κ3) is 2.19. The van der Waals surface area contributed by atoms with E-state index in [4.69, 9.17) is 5.73 Å². The fraction of sp³-hybridized carbons (Fsp3) is 0.308. The highest BCUT2D eigenvalue weighted by Crippen LogP contribution is 2.23. The maximum absolute atomic E-state index is 12.6. The van der Waals surface area contributed by atoms with Crippen molar-refractivity contribution in [2.75, 3.05) is 18.8 Å². The molecule has 106 valence electrons. The van der Waals surface area contributed by atoms with E-state index in [0.29, 0.717) is 25.9 Å². The zero-order valence-electron chi connectivity index (χ0n) is 10.9. The van der Waals surface area contributed by atoms with Gasteiger partial charge in [-0.25, -0.2) is 8.42 Å². The number of H-pyrrole nitrogens is 1. The Hall–Kier alpha value is -1.86. The van der Waals surface area contributed by atoms with Crippen molar-refractivity contribution in [3.63, 3.8) is 0 Å². The Labute approximate surface area is 117 Å². The Morgan fingerprint density at radius 3 is 2.25 bits per heavy atom. The van der Waals surface area contributed by atoms with E-state index in [0.717, 1.165) is 0 Å². The summed E-state index contributed by atoms with van der Waals surface area (Å²) in [5.74, 6) is 0.0896. The lowest BCUT2D eigenvalue weighted by Crippen LogP contribution is -2.33. The molecule has 0 saturated carbocycles. The molecule has 0 spiro atoms. The lowest BCUT2D eigenvalue weighted by Gasteiger charge is -2.19. The van der Waals surface area contributed by atoms with Crippen molar-refractivity contribution in [2.24, 2.45) is 0 Å². The van der Waals surface area contributed by atoms with Crippen molar-refractivity contribution in [1.29, 1.82) is 0 Å². The second-order valence-corrected chi connectivity index (χ2v) is 6.73. The number of fused-ring (bicyclic) bond motifs is 1. The van der Waals surface area contributed by atoms with E-state index >= 15 is 0 Å². The van der Waals surface area contributed by atoms with E-state index in [9.17, 15) is 8.42 Å². The molecule has 3 N–H and O–H groups in total. The van der Waals surface area contributed by atoms with Crippen LogP contribution in [0, 0.1) is 0 Å². The molecule has 0 unspecified atom stereocenters. The number of rotatable bonds is 2. The zero-order chi connectivity index (χ0) is 14.2.